The molecule has 1 unspecified atom stereocenters. The molecule has 1 aliphatic rings. The molecule has 1 saturated heterocycles. The van der Waals surface area contributed by atoms with E-state index in [-0.39, 0.29) is 0 Å². The van der Waals surface area contributed by atoms with Gasteiger partial charge in [-0.15, -0.1) is 0 Å². The van der Waals surface area contributed by atoms with E-state index in [2.05, 4.69) is 35.8 Å². The van der Waals surface area contributed by atoms with Gasteiger partial charge in [0.1, 0.15) is 0 Å². The van der Waals surface area contributed by atoms with Crippen LogP contribution >= 0.6 is 11.8 Å². The first-order valence-corrected chi connectivity index (χ1v) is 6.99. The van der Waals surface area contributed by atoms with Gasteiger partial charge in [-0.2, -0.15) is 11.8 Å². The van der Waals surface area contributed by atoms with Gasteiger partial charge < -0.3 is 10.2 Å². The molecule has 14 heavy (non-hydrogen) atoms. The maximum Gasteiger partial charge on any atom is 0.00728 e. The van der Waals surface area contributed by atoms with Gasteiger partial charge in [0.2, 0.25) is 0 Å². The number of hydrogen-bond acceptors (Lipinski definition) is 3. The molecule has 0 aromatic carbocycles. The van der Waals surface area contributed by atoms with Crippen molar-refractivity contribution >= 4 is 11.8 Å². The van der Waals surface area contributed by atoms with E-state index in [0.717, 1.165) is 5.92 Å². The average Bonchev–Trinajstić information content (AvgIpc) is 2.20. The van der Waals surface area contributed by atoms with Crippen LogP contribution in [0.25, 0.3) is 0 Å². The Morgan fingerprint density at radius 2 is 2.07 bits per heavy atom. The van der Waals surface area contributed by atoms with Gasteiger partial charge in [0.15, 0.2) is 0 Å². The molecule has 1 aliphatic heterocycles. The fourth-order valence-corrected chi connectivity index (χ4v) is 2.79. The van der Waals surface area contributed by atoms with Crippen molar-refractivity contribution < 1.29 is 0 Å². The molecule has 0 saturated carbocycles. The van der Waals surface area contributed by atoms with Crippen LogP contribution in [0.4, 0.5) is 0 Å². The Morgan fingerprint density at radius 3 is 2.71 bits per heavy atom. The first-order valence-electron chi connectivity index (χ1n) is 5.83. The largest absolute Gasteiger partial charge is 0.316 e. The number of nitrogens with one attached hydrogen (secondary N) is 1. The standard InChI is InChI=1S/C11H24N2S/c1-3-4-12-9-11(2)10-13-5-7-14-8-6-13/h11-12H,3-10H2,1-2H3. The normalized spacial score (nSPS) is 21.0. The smallest absolute Gasteiger partial charge is 0.00728 e. The summed E-state index contributed by atoms with van der Waals surface area (Å²) in [6.07, 6.45) is 1.24. The lowest BCUT2D eigenvalue weighted by molar-refractivity contribution is 0.256. The summed E-state index contributed by atoms with van der Waals surface area (Å²) in [4.78, 5) is 2.61. The molecule has 0 aromatic heterocycles. The molecule has 0 bridgehead atoms. The third-order valence-corrected chi connectivity index (χ3v) is 3.54. The Morgan fingerprint density at radius 1 is 1.36 bits per heavy atom. The Bertz CT molecular complexity index is 135. The van der Waals surface area contributed by atoms with Crippen LogP contribution in [0.5, 0.6) is 0 Å². The van der Waals surface area contributed by atoms with E-state index in [1.165, 1.54) is 50.7 Å². The molecule has 2 nitrogen and oxygen atoms in total. The summed E-state index contributed by atoms with van der Waals surface area (Å²) in [7, 11) is 0. The van der Waals surface area contributed by atoms with Gasteiger partial charge in [-0.3, -0.25) is 0 Å². The Hall–Kier alpha value is 0.270. The van der Waals surface area contributed by atoms with Crippen LogP contribution in [0.15, 0.2) is 0 Å². The van der Waals surface area contributed by atoms with Crippen LogP contribution in [-0.4, -0.2) is 49.1 Å². The highest BCUT2D eigenvalue weighted by Crippen LogP contribution is 2.10. The molecular formula is C11H24N2S. The Balaban J connectivity index is 2.03. The first-order chi connectivity index (χ1) is 6.83. The second-order valence-electron chi connectivity index (χ2n) is 4.22. The molecule has 84 valence electrons. The molecule has 0 aromatic rings. The summed E-state index contributed by atoms with van der Waals surface area (Å²) >= 11 is 2.09. The zero-order chi connectivity index (χ0) is 10.2. The minimum atomic E-state index is 0.796. The number of thioether (sulfide) groups is 1. The Kier molecular flexibility index (Phi) is 6.65. The second kappa shape index (κ2) is 7.55. The summed E-state index contributed by atoms with van der Waals surface area (Å²) in [6.45, 7) is 10.8. The number of hydrogen-bond donors (Lipinski definition) is 1. The van der Waals surface area contributed by atoms with Crippen molar-refractivity contribution in [2.24, 2.45) is 5.92 Å². The lowest BCUT2D eigenvalue weighted by atomic mass is 10.1. The van der Waals surface area contributed by atoms with Crippen LogP contribution in [0, 0.1) is 5.92 Å². The van der Waals surface area contributed by atoms with Crippen molar-refractivity contribution in [2.75, 3.05) is 44.2 Å². The predicted molar refractivity (Wildman–Crippen MR) is 66.1 cm³/mol. The summed E-state index contributed by atoms with van der Waals surface area (Å²) in [5, 5.41) is 3.49. The van der Waals surface area contributed by atoms with Crippen LogP contribution in [0.1, 0.15) is 20.3 Å². The van der Waals surface area contributed by atoms with E-state index in [9.17, 15) is 0 Å². The minimum Gasteiger partial charge on any atom is -0.316 e. The first kappa shape index (κ1) is 12.3. The van der Waals surface area contributed by atoms with E-state index >= 15 is 0 Å². The van der Waals surface area contributed by atoms with Gasteiger partial charge in [0.25, 0.3) is 0 Å². The third kappa shape index (κ3) is 5.23. The lowest BCUT2D eigenvalue weighted by Gasteiger charge is -2.28. The number of rotatable bonds is 6. The van der Waals surface area contributed by atoms with Crippen molar-refractivity contribution in [1.82, 2.24) is 10.2 Å². The van der Waals surface area contributed by atoms with Gasteiger partial charge >= 0.3 is 0 Å². The van der Waals surface area contributed by atoms with Gasteiger partial charge in [-0.05, 0) is 25.4 Å². The van der Waals surface area contributed by atoms with Crippen LogP contribution in [0.3, 0.4) is 0 Å². The highest BCUT2D eigenvalue weighted by Gasteiger charge is 2.12. The lowest BCUT2D eigenvalue weighted by Crippen LogP contribution is -2.38. The summed E-state index contributed by atoms with van der Waals surface area (Å²) in [5.41, 5.74) is 0. The molecule has 1 heterocycles. The van der Waals surface area contributed by atoms with Gasteiger partial charge in [-0.1, -0.05) is 13.8 Å². The van der Waals surface area contributed by atoms with E-state index in [1.807, 2.05) is 0 Å². The van der Waals surface area contributed by atoms with Crippen LogP contribution in [0.2, 0.25) is 0 Å². The molecule has 0 amide bonds. The van der Waals surface area contributed by atoms with Crippen molar-refractivity contribution in [2.45, 2.75) is 20.3 Å². The quantitative estimate of drug-likeness (QED) is 0.680. The molecule has 3 heteroatoms. The topological polar surface area (TPSA) is 15.3 Å². The molecule has 0 radical (unpaired) electrons. The zero-order valence-corrected chi connectivity index (χ0v) is 10.4. The SMILES string of the molecule is CCCNCC(C)CN1CCSCC1. The fourth-order valence-electron chi connectivity index (χ4n) is 1.81. The summed E-state index contributed by atoms with van der Waals surface area (Å²) in [6, 6.07) is 0. The van der Waals surface area contributed by atoms with E-state index in [4.69, 9.17) is 0 Å². The van der Waals surface area contributed by atoms with E-state index in [0.29, 0.717) is 0 Å². The van der Waals surface area contributed by atoms with Crippen molar-refractivity contribution in [3.05, 3.63) is 0 Å². The van der Waals surface area contributed by atoms with Crippen molar-refractivity contribution in [3.8, 4) is 0 Å². The monoisotopic (exact) mass is 216 g/mol. The van der Waals surface area contributed by atoms with Crippen LogP contribution < -0.4 is 5.32 Å². The van der Waals surface area contributed by atoms with Crippen molar-refractivity contribution in [3.63, 3.8) is 0 Å². The molecule has 1 N–H and O–H groups in total. The van der Waals surface area contributed by atoms with E-state index in [1.54, 1.807) is 0 Å². The summed E-state index contributed by atoms with van der Waals surface area (Å²) in [5.74, 6) is 3.45. The van der Waals surface area contributed by atoms with Gasteiger partial charge in [0.05, 0.1) is 0 Å². The third-order valence-electron chi connectivity index (χ3n) is 2.59. The highest BCUT2D eigenvalue weighted by molar-refractivity contribution is 7.99. The maximum absolute atomic E-state index is 3.49. The maximum atomic E-state index is 3.49. The molecule has 1 rings (SSSR count). The zero-order valence-electron chi connectivity index (χ0n) is 9.59. The Labute approximate surface area is 92.8 Å². The predicted octanol–water partition coefficient (Wildman–Crippen LogP) is 1.67. The summed E-state index contributed by atoms with van der Waals surface area (Å²) < 4.78 is 0. The number of nitrogens with zero attached hydrogens (tertiary/aromatic N) is 1. The van der Waals surface area contributed by atoms with Gasteiger partial charge in [-0.25, -0.2) is 0 Å². The van der Waals surface area contributed by atoms with Crippen molar-refractivity contribution in [1.29, 1.82) is 0 Å². The fraction of sp³-hybridized carbons (Fsp3) is 1.00. The van der Waals surface area contributed by atoms with Gasteiger partial charge in [0, 0.05) is 31.1 Å². The minimum absolute atomic E-state index is 0.796. The molecule has 1 atom stereocenters. The second-order valence-corrected chi connectivity index (χ2v) is 5.45. The van der Waals surface area contributed by atoms with Crippen LogP contribution in [-0.2, 0) is 0 Å². The molecule has 1 fully saturated rings. The molecule has 0 spiro atoms. The average molecular weight is 216 g/mol. The van der Waals surface area contributed by atoms with E-state index < -0.39 is 0 Å². The highest BCUT2D eigenvalue weighted by atomic mass is 32.2. The molecular weight excluding hydrogens is 192 g/mol. The molecule has 0 aliphatic carbocycles.